The van der Waals surface area contributed by atoms with Gasteiger partial charge in [-0.25, -0.2) is 4.79 Å². The lowest BCUT2D eigenvalue weighted by Gasteiger charge is -2.29. The summed E-state index contributed by atoms with van der Waals surface area (Å²) in [5.41, 5.74) is 2.11. The average molecular weight is 316 g/mol. The Morgan fingerprint density at radius 2 is 1.65 bits per heavy atom. The van der Waals surface area contributed by atoms with Gasteiger partial charge >= 0.3 is 6.03 Å². The molecule has 0 atom stereocenters. The summed E-state index contributed by atoms with van der Waals surface area (Å²) in [7, 11) is 2.13. The van der Waals surface area contributed by atoms with Gasteiger partial charge in [0.1, 0.15) is 0 Å². The van der Waals surface area contributed by atoms with E-state index in [9.17, 15) is 4.79 Å². The van der Waals surface area contributed by atoms with Crippen molar-refractivity contribution in [1.29, 1.82) is 0 Å². The Labute approximate surface area is 139 Å². The third-order valence-electron chi connectivity index (χ3n) is 4.90. The molecule has 0 spiro atoms. The molecule has 0 aromatic heterocycles. The van der Waals surface area contributed by atoms with Crippen LogP contribution in [-0.4, -0.2) is 50.2 Å². The molecule has 0 bridgehead atoms. The summed E-state index contributed by atoms with van der Waals surface area (Å²) >= 11 is 0. The molecule has 2 N–H and O–H groups in total. The molecule has 0 saturated carbocycles. The first-order valence-electron chi connectivity index (χ1n) is 8.82. The largest absolute Gasteiger partial charge is 0.372 e. The van der Waals surface area contributed by atoms with Crippen molar-refractivity contribution in [2.45, 2.75) is 38.1 Å². The van der Waals surface area contributed by atoms with Crippen LogP contribution in [0.3, 0.4) is 0 Å². The van der Waals surface area contributed by atoms with Crippen LogP contribution in [0.15, 0.2) is 24.3 Å². The van der Waals surface area contributed by atoms with Gasteiger partial charge in [0, 0.05) is 30.5 Å². The van der Waals surface area contributed by atoms with Crippen molar-refractivity contribution < 1.29 is 4.79 Å². The van der Waals surface area contributed by atoms with Gasteiger partial charge in [-0.15, -0.1) is 0 Å². The first kappa shape index (κ1) is 16.1. The second-order valence-corrected chi connectivity index (χ2v) is 6.77. The minimum atomic E-state index is -0.0923. The van der Waals surface area contributed by atoms with Crippen LogP contribution in [0.4, 0.5) is 16.2 Å². The van der Waals surface area contributed by atoms with Gasteiger partial charge in [-0.05, 0) is 76.5 Å². The molecule has 23 heavy (non-hydrogen) atoms. The molecular weight excluding hydrogens is 288 g/mol. The summed E-state index contributed by atoms with van der Waals surface area (Å²) in [4.78, 5) is 16.8. The highest BCUT2D eigenvalue weighted by Gasteiger charge is 2.18. The standard InChI is InChI=1S/C18H28N4O/c1-21-13-9-16(10-14-21)20-18(23)19-15-5-7-17(8-6-15)22-11-3-2-4-12-22/h5-8,16H,2-4,9-14H2,1H3,(H2,19,20,23). The highest BCUT2D eigenvalue weighted by molar-refractivity contribution is 5.89. The van der Waals surface area contributed by atoms with E-state index in [1.165, 1.54) is 24.9 Å². The zero-order valence-electron chi connectivity index (χ0n) is 14.1. The maximum atomic E-state index is 12.1. The summed E-state index contributed by atoms with van der Waals surface area (Å²) < 4.78 is 0. The summed E-state index contributed by atoms with van der Waals surface area (Å²) in [6.45, 7) is 4.39. The number of nitrogens with one attached hydrogen (secondary N) is 2. The van der Waals surface area contributed by atoms with Gasteiger partial charge in [0.05, 0.1) is 0 Å². The van der Waals surface area contributed by atoms with Crippen LogP contribution in [0.5, 0.6) is 0 Å². The van der Waals surface area contributed by atoms with Crippen molar-refractivity contribution in [3.05, 3.63) is 24.3 Å². The van der Waals surface area contributed by atoms with Crippen molar-refractivity contribution >= 4 is 17.4 Å². The van der Waals surface area contributed by atoms with E-state index >= 15 is 0 Å². The molecule has 3 rings (SSSR count). The Hall–Kier alpha value is -1.75. The second kappa shape index (κ2) is 7.68. The van der Waals surface area contributed by atoms with Crippen molar-refractivity contribution in [2.75, 3.05) is 43.4 Å². The maximum absolute atomic E-state index is 12.1. The van der Waals surface area contributed by atoms with Gasteiger partial charge in [0.25, 0.3) is 0 Å². The van der Waals surface area contributed by atoms with Crippen molar-refractivity contribution in [3.63, 3.8) is 0 Å². The quantitative estimate of drug-likeness (QED) is 0.901. The number of hydrogen-bond acceptors (Lipinski definition) is 3. The highest BCUT2D eigenvalue weighted by Crippen LogP contribution is 2.21. The minimum absolute atomic E-state index is 0.0923. The Bertz CT molecular complexity index is 502. The summed E-state index contributed by atoms with van der Waals surface area (Å²) in [6, 6.07) is 8.41. The number of rotatable bonds is 3. The molecule has 2 aliphatic heterocycles. The smallest absolute Gasteiger partial charge is 0.319 e. The van der Waals surface area contributed by atoms with Crippen LogP contribution in [0.25, 0.3) is 0 Å². The van der Waals surface area contributed by atoms with Gasteiger partial charge in [0.2, 0.25) is 0 Å². The van der Waals surface area contributed by atoms with Crippen LogP contribution in [0.1, 0.15) is 32.1 Å². The number of nitrogens with zero attached hydrogens (tertiary/aromatic N) is 2. The Morgan fingerprint density at radius 1 is 1.00 bits per heavy atom. The van der Waals surface area contributed by atoms with Crippen LogP contribution in [0.2, 0.25) is 0 Å². The molecule has 5 heteroatoms. The first-order chi connectivity index (χ1) is 11.2. The molecule has 5 nitrogen and oxygen atoms in total. The van der Waals surface area contributed by atoms with E-state index in [0.717, 1.165) is 44.7 Å². The maximum Gasteiger partial charge on any atom is 0.319 e. The zero-order valence-corrected chi connectivity index (χ0v) is 14.1. The van der Waals surface area contributed by atoms with Crippen molar-refractivity contribution in [2.24, 2.45) is 0 Å². The molecule has 2 fully saturated rings. The lowest BCUT2D eigenvalue weighted by Crippen LogP contribution is -2.44. The summed E-state index contributed by atoms with van der Waals surface area (Å²) in [5.74, 6) is 0. The number of carbonyl (C=O) groups is 1. The van der Waals surface area contributed by atoms with E-state index in [1.54, 1.807) is 0 Å². The van der Waals surface area contributed by atoms with E-state index < -0.39 is 0 Å². The van der Waals surface area contributed by atoms with E-state index in [4.69, 9.17) is 0 Å². The third kappa shape index (κ3) is 4.61. The highest BCUT2D eigenvalue weighted by atomic mass is 16.2. The first-order valence-corrected chi connectivity index (χ1v) is 8.82. The molecule has 0 aliphatic carbocycles. The van der Waals surface area contributed by atoms with E-state index in [1.807, 2.05) is 12.1 Å². The Morgan fingerprint density at radius 3 is 2.30 bits per heavy atom. The molecule has 1 aromatic rings. The van der Waals surface area contributed by atoms with E-state index in [-0.39, 0.29) is 6.03 Å². The number of anilines is 2. The zero-order chi connectivity index (χ0) is 16.1. The molecule has 1 aromatic carbocycles. The number of benzene rings is 1. The van der Waals surface area contributed by atoms with Gasteiger partial charge in [0.15, 0.2) is 0 Å². The molecule has 2 amide bonds. The normalized spacial score (nSPS) is 20.3. The average Bonchev–Trinajstić information content (AvgIpc) is 2.58. The topological polar surface area (TPSA) is 47.6 Å². The van der Waals surface area contributed by atoms with Gasteiger partial charge in [-0.3, -0.25) is 0 Å². The van der Waals surface area contributed by atoms with Crippen LogP contribution in [0, 0.1) is 0 Å². The van der Waals surface area contributed by atoms with Gasteiger partial charge in [-0.2, -0.15) is 0 Å². The fraction of sp³-hybridized carbons (Fsp3) is 0.611. The van der Waals surface area contributed by atoms with E-state index in [0.29, 0.717) is 6.04 Å². The van der Waals surface area contributed by atoms with Crippen LogP contribution in [-0.2, 0) is 0 Å². The van der Waals surface area contributed by atoms with Gasteiger partial charge in [-0.1, -0.05) is 0 Å². The SMILES string of the molecule is CN1CCC(NC(=O)Nc2ccc(N3CCCCC3)cc2)CC1. The minimum Gasteiger partial charge on any atom is -0.372 e. The molecule has 2 aliphatic rings. The number of likely N-dealkylation sites (tertiary alicyclic amines) is 1. The Kier molecular flexibility index (Phi) is 5.39. The Balaban J connectivity index is 1.48. The van der Waals surface area contributed by atoms with E-state index in [2.05, 4.69) is 39.6 Å². The number of amides is 2. The lowest BCUT2D eigenvalue weighted by atomic mass is 10.1. The predicted molar refractivity (Wildman–Crippen MR) is 95.2 cm³/mol. The summed E-state index contributed by atoms with van der Waals surface area (Å²) in [5, 5.41) is 6.03. The van der Waals surface area contributed by atoms with Crippen molar-refractivity contribution in [1.82, 2.24) is 10.2 Å². The second-order valence-electron chi connectivity index (χ2n) is 6.77. The molecule has 2 saturated heterocycles. The monoisotopic (exact) mass is 316 g/mol. The van der Waals surface area contributed by atoms with Crippen LogP contribution < -0.4 is 15.5 Å². The molecule has 126 valence electrons. The van der Waals surface area contributed by atoms with Crippen LogP contribution >= 0.6 is 0 Å². The lowest BCUT2D eigenvalue weighted by molar-refractivity contribution is 0.221. The fourth-order valence-corrected chi connectivity index (χ4v) is 3.41. The molecule has 0 radical (unpaired) electrons. The number of carbonyl (C=O) groups excluding carboxylic acids is 1. The molecular formula is C18H28N4O. The third-order valence-corrected chi connectivity index (χ3v) is 4.90. The summed E-state index contributed by atoms with van der Waals surface area (Å²) in [6.07, 6.45) is 5.95. The number of urea groups is 1. The number of piperidine rings is 2. The molecule has 2 heterocycles. The predicted octanol–water partition coefficient (Wildman–Crippen LogP) is 2.89. The van der Waals surface area contributed by atoms with Crippen molar-refractivity contribution in [3.8, 4) is 0 Å². The number of hydrogen-bond donors (Lipinski definition) is 2. The fourth-order valence-electron chi connectivity index (χ4n) is 3.41. The molecule has 0 unspecified atom stereocenters. The van der Waals surface area contributed by atoms with Gasteiger partial charge < -0.3 is 20.4 Å².